The van der Waals surface area contributed by atoms with E-state index in [0.29, 0.717) is 53.5 Å². The van der Waals surface area contributed by atoms with E-state index in [1.54, 1.807) is 51.3 Å². The molecule has 0 bridgehead atoms. The number of furan rings is 1. The number of rotatable bonds is 6. The predicted molar refractivity (Wildman–Crippen MR) is 165 cm³/mol. The van der Waals surface area contributed by atoms with Crippen molar-refractivity contribution in [2.24, 2.45) is 4.99 Å². The van der Waals surface area contributed by atoms with E-state index >= 15 is 0 Å². The number of fused-ring (bicyclic) bond motifs is 2. The summed E-state index contributed by atoms with van der Waals surface area (Å²) in [6.07, 6.45) is 1.66. The van der Waals surface area contributed by atoms with Gasteiger partial charge in [0.15, 0.2) is 4.80 Å². The van der Waals surface area contributed by atoms with Crippen LogP contribution in [-0.4, -0.2) is 24.3 Å². The summed E-state index contributed by atoms with van der Waals surface area (Å²) in [5, 5.41) is 2.58. The van der Waals surface area contributed by atoms with Crippen molar-refractivity contribution in [1.29, 1.82) is 0 Å². The second-order valence-electron chi connectivity index (χ2n) is 9.51. The molecule has 7 nitrogen and oxygen atoms in total. The van der Waals surface area contributed by atoms with Gasteiger partial charge in [0.25, 0.3) is 5.56 Å². The third kappa shape index (κ3) is 4.75. The smallest absolute Gasteiger partial charge is 0.338 e. The highest BCUT2D eigenvalue weighted by atomic mass is 35.5. The summed E-state index contributed by atoms with van der Waals surface area (Å²) in [6, 6.07) is 19.6. The normalized spacial score (nSPS) is 15.1. The average molecular weight is 620 g/mol. The Hall–Kier alpha value is -4.11. The van der Waals surface area contributed by atoms with Crippen LogP contribution in [0.1, 0.15) is 31.2 Å². The molecule has 3 aromatic carbocycles. The molecule has 0 N–H and O–H groups in total. The molecular weight excluding hydrogens is 595 g/mol. The number of aromatic nitrogens is 1. The molecule has 6 rings (SSSR count). The van der Waals surface area contributed by atoms with Gasteiger partial charge in [-0.25, -0.2) is 9.79 Å². The van der Waals surface area contributed by atoms with Crippen molar-refractivity contribution < 1.29 is 18.7 Å². The molecule has 0 radical (unpaired) electrons. The average Bonchev–Trinajstić information content (AvgIpc) is 3.57. The van der Waals surface area contributed by atoms with E-state index in [4.69, 9.17) is 37.1 Å². The van der Waals surface area contributed by atoms with Gasteiger partial charge in [-0.3, -0.25) is 9.36 Å². The standard InChI is InChI=1S/C32H24Cl2N2O5S/c1-4-40-31(38)26-17(2)35-32-36(29(26)27-20-9-6-5-8-18(20)12-14-24(27)39-3)30(37)25(42-32)16-19-13-15-23(41-19)21-10-7-11-22(33)28(21)34/h5-16,29H,4H2,1-3H3/b25-16+/t29-/m1/s1. The Morgan fingerprint density at radius 1 is 1.10 bits per heavy atom. The molecule has 0 saturated heterocycles. The molecule has 0 aliphatic carbocycles. The van der Waals surface area contributed by atoms with Gasteiger partial charge < -0.3 is 13.9 Å². The zero-order valence-electron chi connectivity index (χ0n) is 22.8. The van der Waals surface area contributed by atoms with Gasteiger partial charge >= 0.3 is 5.97 Å². The third-order valence-corrected chi connectivity index (χ3v) is 8.86. The second kappa shape index (κ2) is 11.3. The lowest BCUT2D eigenvalue weighted by Crippen LogP contribution is -2.40. The first-order valence-corrected chi connectivity index (χ1v) is 14.7. The Morgan fingerprint density at radius 3 is 2.69 bits per heavy atom. The summed E-state index contributed by atoms with van der Waals surface area (Å²) < 4.78 is 19.2. The SMILES string of the molecule is CCOC(=O)C1=C(C)N=c2s/c(=C/c3ccc(-c4cccc(Cl)c4Cl)o3)c(=O)n2[C@H]1c1c(OC)ccc2ccccc12. The van der Waals surface area contributed by atoms with Crippen LogP contribution in [-0.2, 0) is 9.53 Å². The second-order valence-corrected chi connectivity index (χ2v) is 11.3. The summed E-state index contributed by atoms with van der Waals surface area (Å²) in [6.45, 7) is 3.67. The fourth-order valence-corrected chi connectivity index (χ4v) is 6.62. The van der Waals surface area contributed by atoms with Crippen molar-refractivity contribution in [3.63, 3.8) is 0 Å². The van der Waals surface area contributed by atoms with E-state index in [-0.39, 0.29) is 17.7 Å². The van der Waals surface area contributed by atoms with Crippen LogP contribution in [0.2, 0.25) is 10.0 Å². The first-order valence-electron chi connectivity index (χ1n) is 13.1. The number of hydrogen-bond donors (Lipinski definition) is 0. The lowest BCUT2D eigenvalue weighted by atomic mass is 9.90. The number of nitrogens with zero attached hydrogens (tertiary/aromatic N) is 2. The molecule has 1 atom stereocenters. The molecule has 0 unspecified atom stereocenters. The molecule has 0 amide bonds. The Morgan fingerprint density at radius 2 is 1.90 bits per heavy atom. The number of carbonyl (C=O) groups is 1. The first-order chi connectivity index (χ1) is 20.3. The lowest BCUT2D eigenvalue weighted by molar-refractivity contribution is -0.139. The van der Waals surface area contributed by atoms with Crippen molar-refractivity contribution in [2.45, 2.75) is 19.9 Å². The highest BCUT2D eigenvalue weighted by molar-refractivity contribution is 7.07. The quantitative estimate of drug-likeness (QED) is 0.202. The maximum absolute atomic E-state index is 14.1. The Labute approximate surface area is 254 Å². The minimum absolute atomic E-state index is 0.177. The number of esters is 1. The van der Waals surface area contributed by atoms with Crippen molar-refractivity contribution in [3.05, 3.63) is 119 Å². The zero-order chi connectivity index (χ0) is 29.5. The zero-order valence-corrected chi connectivity index (χ0v) is 25.1. The molecule has 42 heavy (non-hydrogen) atoms. The summed E-state index contributed by atoms with van der Waals surface area (Å²) in [5.41, 5.74) is 1.74. The molecule has 3 heterocycles. The maximum Gasteiger partial charge on any atom is 0.338 e. The van der Waals surface area contributed by atoms with Gasteiger partial charge in [0.1, 0.15) is 23.3 Å². The van der Waals surface area contributed by atoms with Crippen molar-refractivity contribution in [3.8, 4) is 17.1 Å². The van der Waals surface area contributed by atoms with Crippen LogP contribution in [0.4, 0.5) is 0 Å². The molecule has 5 aromatic rings. The fraction of sp³-hybridized carbons (Fsp3) is 0.156. The number of halogens is 2. The third-order valence-electron chi connectivity index (χ3n) is 7.06. The number of hydrogen-bond acceptors (Lipinski definition) is 7. The van der Waals surface area contributed by atoms with Crippen molar-refractivity contribution in [2.75, 3.05) is 13.7 Å². The van der Waals surface area contributed by atoms with E-state index in [2.05, 4.69) is 4.99 Å². The number of thiazole rings is 1. The highest BCUT2D eigenvalue weighted by Crippen LogP contribution is 2.40. The highest BCUT2D eigenvalue weighted by Gasteiger charge is 2.36. The van der Waals surface area contributed by atoms with Gasteiger partial charge in [0.2, 0.25) is 0 Å². The van der Waals surface area contributed by atoms with Gasteiger partial charge in [-0.15, -0.1) is 0 Å². The van der Waals surface area contributed by atoms with Gasteiger partial charge in [-0.1, -0.05) is 70.9 Å². The summed E-state index contributed by atoms with van der Waals surface area (Å²) >= 11 is 13.8. The van der Waals surface area contributed by atoms with Crippen LogP contribution in [0.15, 0.2) is 92.2 Å². The fourth-order valence-electron chi connectivity index (χ4n) is 5.20. The van der Waals surface area contributed by atoms with Crippen LogP contribution >= 0.6 is 34.5 Å². The maximum atomic E-state index is 14.1. The van der Waals surface area contributed by atoms with Crippen molar-refractivity contribution in [1.82, 2.24) is 4.57 Å². The van der Waals surface area contributed by atoms with E-state index in [1.807, 2.05) is 42.5 Å². The summed E-state index contributed by atoms with van der Waals surface area (Å²) in [5.74, 6) is 0.966. The Kier molecular flexibility index (Phi) is 7.53. The molecule has 0 fully saturated rings. The molecule has 0 spiro atoms. The molecule has 1 aliphatic heterocycles. The molecule has 2 aromatic heterocycles. The van der Waals surface area contributed by atoms with Crippen LogP contribution < -0.4 is 19.6 Å². The van der Waals surface area contributed by atoms with Crippen LogP contribution in [0.3, 0.4) is 0 Å². The number of allylic oxidation sites excluding steroid dienone is 1. The molecule has 1 aliphatic rings. The van der Waals surface area contributed by atoms with Crippen LogP contribution in [0, 0.1) is 0 Å². The largest absolute Gasteiger partial charge is 0.496 e. The number of carbonyl (C=O) groups excluding carboxylic acids is 1. The van der Waals surface area contributed by atoms with Gasteiger partial charge in [-0.2, -0.15) is 0 Å². The van der Waals surface area contributed by atoms with Gasteiger partial charge in [0, 0.05) is 17.2 Å². The topological polar surface area (TPSA) is 83.0 Å². The lowest BCUT2D eigenvalue weighted by Gasteiger charge is -2.27. The molecule has 10 heteroatoms. The molecular formula is C32H24Cl2N2O5S. The number of ether oxygens (including phenoxy) is 2. The van der Waals surface area contributed by atoms with Crippen molar-refractivity contribution >= 4 is 57.4 Å². The minimum Gasteiger partial charge on any atom is -0.496 e. The molecule has 0 saturated carbocycles. The van der Waals surface area contributed by atoms with E-state index in [0.717, 1.165) is 10.8 Å². The van der Waals surface area contributed by atoms with Crippen LogP contribution in [0.5, 0.6) is 5.75 Å². The number of benzene rings is 3. The van der Waals surface area contributed by atoms with Crippen LogP contribution in [0.25, 0.3) is 28.2 Å². The monoisotopic (exact) mass is 618 g/mol. The predicted octanol–water partition coefficient (Wildman–Crippen LogP) is 6.53. The summed E-state index contributed by atoms with van der Waals surface area (Å²) in [4.78, 5) is 32.7. The van der Waals surface area contributed by atoms with Gasteiger partial charge in [0.05, 0.1) is 39.6 Å². The number of methoxy groups -OCH3 is 1. The first kappa shape index (κ1) is 28.0. The van der Waals surface area contributed by atoms with Gasteiger partial charge in [-0.05, 0) is 55.0 Å². The Balaban J connectivity index is 1.57. The van der Waals surface area contributed by atoms with E-state index in [9.17, 15) is 9.59 Å². The van der Waals surface area contributed by atoms with E-state index < -0.39 is 12.0 Å². The minimum atomic E-state index is -0.832. The molecule has 212 valence electrons. The Bertz CT molecular complexity index is 2090. The van der Waals surface area contributed by atoms with E-state index in [1.165, 1.54) is 15.9 Å². The summed E-state index contributed by atoms with van der Waals surface area (Å²) in [7, 11) is 1.57.